The zero-order valence-electron chi connectivity index (χ0n) is 17.8. The average Bonchev–Trinajstić information content (AvgIpc) is 2.80. The molecule has 25 heavy (non-hydrogen) atoms. The lowest BCUT2D eigenvalue weighted by atomic mass is 9.62. The third-order valence-corrected chi connectivity index (χ3v) is 8.08. The van der Waals surface area contributed by atoms with Crippen molar-refractivity contribution in [1.82, 2.24) is 0 Å². The Kier molecular flexibility index (Phi) is 6.10. The Morgan fingerprint density at radius 2 is 1.84 bits per heavy atom. The summed E-state index contributed by atoms with van der Waals surface area (Å²) in [5, 5.41) is 0. The van der Waals surface area contributed by atoms with E-state index in [0.29, 0.717) is 29.5 Å². The van der Waals surface area contributed by atoms with Gasteiger partial charge in [-0.05, 0) is 76.4 Å². The van der Waals surface area contributed by atoms with E-state index in [2.05, 4.69) is 66.4 Å². The van der Waals surface area contributed by atoms with Crippen molar-refractivity contribution < 1.29 is 9.22 Å². The minimum atomic E-state index is -1.55. The first-order chi connectivity index (χ1) is 11.4. The molecule has 0 saturated heterocycles. The normalized spacial score (nSPS) is 33.5. The van der Waals surface area contributed by atoms with Crippen molar-refractivity contribution in [3.8, 4) is 0 Å². The minimum absolute atomic E-state index is 0.121. The van der Waals surface area contributed by atoms with E-state index in [0.717, 1.165) is 19.3 Å². The van der Waals surface area contributed by atoms with Gasteiger partial charge in [0, 0.05) is 18.3 Å². The first-order valence-corrected chi connectivity index (χ1v) is 13.7. The zero-order chi connectivity index (χ0) is 19.0. The maximum absolute atomic E-state index is 12.3. The Morgan fingerprint density at radius 1 is 1.20 bits per heavy atom. The summed E-state index contributed by atoms with van der Waals surface area (Å²) < 4.78 is 6.41. The molecule has 5 atom stereocenters. The molecule has 0 spiro atoms. The van der Waals surface area contributed by atoms with Crippen molar-refractivity contribution in [2.24, 2.45) is 29.1 Å². The molecule has 2 rings (SSSR count). The van der Waals surface area contributed by atoms with Crippen LogP contribution in [0.25, 0.3) is 0 Å². The molecule has 0 aromatic heterocycles. The highest BCUT2D eigenvalue weighted by Gasteiger charge is 2.52. The number of carbonyl (C=O) groups is 1. The molecule has 3 heteroatoms. The van der Waals surface area contributed by atoms with Crippen LogP contribution < -0.4 is 0 Å². The summed E-state index contributed by atoms with van der Waals surface area (Å²) in [7, 11) is -1.55. The van der Waals surface area contributed by atoms with Gasteiger partial charge in [-0.2, -0.15) is 0 Å². The third-order valence-electron chi connectivity index (χ3n) is 6.94. The smallest absolute Gasteiger partial charge is 0.184 e. The molecule has 0 radical (unpaired) electrons. The first kappa shape index (κ1) is 20.9. The monoisotopic (exact) mass is 364 g/mol. The number of rotatable bonds is 6. The number of Topliss-reactive ketones (excluding diaryl/α,β-unsaturated/α-hetero) is 1. The highest BCUT2D eigenvalue weighted by molar-refractivity contribution is 6.69. The van der Waals surface area contributed by atoms with Gasteiger partial charge in [-0.15, -0.1) is 0 Å². The lowest BCUT2D eigenvalue weighted by molar-refractivity contribution is -0.129. The Hall–Kier alpha value is -0.413. The van der Waals surface area contributed by atoms with Crippen LogP contribution >= 0.6 is 0 Å². The topological polar surface area (TPSA) is 26.3 Å². The molecule has 2 aliphatic rings. The van der Waals surface area contributed by atoms with Gasteiger partial charge in [0.05, 0.1) is 5.60 Å². The van der Waals surface area contributed by atoms with E-state index in [1.54, 1.807) is 0 Å². The van der Waals surface area contributed by atoms with Gasteiger partial charge >= 0.3 is 0 Å². The van der Waals surface area contributed by atoms with Crippen LogP contribution in [0.3, 0.4) is 0 Å². The van der Waals surface area contributed by atoms with Crippen LogP contribution in [-0.4, -0.2) is 19.7 Å². The Labute approximate surface area is 156 Å². The molecular formula is C22H40O2Si. The van der Waals surface area contributed by atoms with Gasteiger partial charge in [0.1, 0.15) is 5.78 Å². The van der Waals surface area contributed by atoms with Gasteiger partial charge in [-0.3, -0.25) is 4.79 Å². The molecule has 2 fully saturated rings. The number of ketones is 1. The summed E-state index contributed by atoms with van der Waals surface area (Å²) in [4.78, 5) is 12.3. The molecule has 144 valence electrons. The third kappa shape index (κ3) is 4.66. The standard InChI is InChI=1S/C22H40O2Si/c1-16(11-12-17(2)21(3,4)24-25(6,7)8)18-13-14-19-20(23)10-9-15-22(18,19)5/h11-12,16-19H,9-10,13-15H2,1-8H3/b12-11+/t16-,17+,18+,19-,22+/m0/s1. The molecule has 0 aliphatic heterocycles. The molecule has 0 aromatic carbocycles. The van der Waals surface area contributed by atoms with Crippen LogP contribution in [0.4, 0.5) is 0 Å². The maximum Gasteiger partial charge on any atom is 0.184 e. The van der Waals surface area contributed by atoms with E-state index in [9.17, 15) is 4.79 Å². The lowest BCUT2D eigenvalue weighted by Gasteiger charge is -2.42. The van der Waals surface area contributed by atoms with Gasteiger partial charge in [0.2, 0.25) is 0 Å². The SMILES string of the molecule is C[C@H](/C=C/[C@H](C)[C@H]1CC[C@H]2C(=O)CCC[C@]12C)C(C)(C)O[Si](C)(C)C. The fraction of sp³-hybridized carbons (Fsp3) is 0.864. The molecule has 0 N–H and O–H groups in total. The number of allylic oxidation sites excluding steroid dienone is 1. The molecule has 0 amide bonds. The summed E-state index contributed by atoms with van der Waals surface area (Å²) >= 11 is 0. The fourth-order valence-corrected chi connectivity index (χ4v) is 7.19. The number of fused-ring (bicyclic) bond motifs is 1. The molecule has 0 aromatic rings. The highest BCUT2D eigenvalue weighted by Crippen LogP contribution is 2.56. The van der Waals surface area contributed by atoms with E-state index in [-0.39, 0.29) is 11.0 Å². The summed E-state index contributed by atoms with van der Waals surface area (Å²) in [5.74, 6) is 2.42. The number of carbonyl (C=O) groups excluding carboxylic acids is 1. The largest absolute Gasteiger partial charge is 0.412 e. The average molecular weight is 365 g/mol. The van der Waals surface area contributed by atoms with Gasteiger partial charge in [0.25, 0.3) is 0 Å². The molecule has 2 aliphatic carbocycles. The molecule has 0 bridgehead atoms. The van der Waals surface area contributed by atoms with Crippen LogP contribution in [0.15, 0.2) is 12.2 Å². The van der Waals surface area contributed by atoms with Crippen LogP contribution in [0.5, 0.6) is 0 Å². The molecule has 0 heterocycles. The maximum atomic E-state index is 12.3. The van der Waals surface area contributed by atoms with Crippen molar-refractivity contribution in [1.29, 1.82) is 0 Å². The highest BCUT2D eigenvalue weighted by atomic mass is 28.4. The van der Waals surface area contributed by atoms with Crippen LogP contribution in [0.1, 0.15) is 66.7 Å². The molecule has 2 nitrogen and oxygen atoms in total. The molecule has 2 saturated carbocycles. The second kappa shape index (κ2) is 7.30. The summed E-state index contributed by atoms with van der Waals surface area (Å²) in [6.07, 6.45) is 10.2. The lowest BCUT2D eigenvalue weighted by Crippen LogP contribution is -2.42. The second-order valence-corrected chi connectivity index (χ2v) is 14.8. The first-order valence-electron chi connectivity index (χ1n) is 10.3. The Balaban J connectivity index is 2.05. The van der Waals surface area contributed by atoms with E-state index in [4.69, 9.17) is 4.43 Å². The zero-order valence-corrected chi connectivity index (χ0v) is 18.8. The van der Waals surface area contributed by atoms with Crippen LogP contribution in [0.2, 0.25) is 19.6 Å². The van der Waals surface area contributed by atoms with Crippen LogP contribution in [0, 0.1) is 29.1 Å². The van der Waals surface area contributed by atoms with Crippen molar-refractivity contribution >= 4 is 14.1 Å². The summed E-state index contributed by atoms with van der Waals surface area (Å²) in [6.45, 7) is 18.2. The van der Waals surface area contributed by atoms with E-state index in [1.807, 2.05) is 0 Å². The Morgan fingerprint density at radius 3 is 2.44 bits per heavy atom. The van der Waals surface area contributed by atoms with Gasteiger partial charge in [-0.25, -0.2) is 0 Å². The van der Waals surface area contributed by atoms with Gasteiger partial charge < -0.3 is 4.43 Å². The van der Waals surface area contributed by atoms with Crippen molar-refractivity contribution in [3.05, 3.63) is 12.2 Å². The Bertz CT molecular complexity index is 517. The molecular weight excluding hydrogens is 324 g/mol. The predicted molar refractivity (Wildman–Crippen MR) is 109 cm³/mol. The van der Waals surface area contributed by atoms with Crippen molar-refractivity contribution in [3.63, 3.8) is 0 Å². The van der Waals surface area contributed by atoms with Crippen LogP contribution in [-0.2, 0) is 9.22 Å². The number of hydrogen-bond acceptors (Lipinski definition) is 2. The number of hydrogen-bond donors (Lipinski definition) is 0. The fourth-order valence-electron chi connectivity index (χ4n) is 5.42. The minimum Gasteiger partial charge on any atom is -0.412 e. The quantitative estimate of drug-likeness (QED) is 0.412. The second-order valence-electron chi connectivity index (χ2n) is 10.4. The van der Waals surface area contributed by atoms with E-state index in [1.165, 1.54) is 12.8 Å². The van der Waals surface area contributed by atoms with Crippen molar-refractivity contribution in [2.45, 2.75) is 92.0 Å². The van der Waals surface area contributed by atoms with Crippen molar-refractivity contribution in [2.75, 3.05) is 0 Å². The van der Waals surface area contributed by atoms with Gasteiger partial charge in [0.15, 0.2) is 8.32 Å². The molecule has 0 unspecified atom stereocenters. The predicted octanol–water partition coefficient (Wildman–Crippen LogP) is 6.23. The van der Waals surface area contributed by atoms with E-state index < -0.39 is 8.32 Å². The summed E-state index contributed by atoms with van der Waals surface area (Å²) in [5.41, 5.74) is 0.107. The van der Waals surface area contributed by atoms with E-state index >= 15 is 0 Å². The van der Waals surface area contributed by atoms with Gasteiger partial charge in [-0.1, -0.05) is 32.9 Å². The summed E-state index contributed by atoms with van der Waals surface area (Å²) in [6, 6.07) is 0.